The fourth-order valence-corrected chi connectivity index (χ4v) is 2.77. The van der Waals surface area contributed by atoms with E-state index >= 15 is 0 Å². The monoisotopic (exact) mass is 236 g/mol. The van der Waals surface area contributed by atoms with Gasteiger partial charge in [-0.15, -0.1) is 11.3 Å². The van der Waals surface area contributed by atoms with Crippen LogP contribution in [0.15, 0.2) is 22.5 Å². The average molecular weight is 236 g/mol. The van der Waals surface area contributed by atoms with Crippen LogP contribution in [0.4, 0.5) is 0 Å². The van der Waals surface area contributed by atoms with Crippen LogP contribution < -0.4 is 5.32 Å². The summed E-state index contributed by atoms with van der Waals surface area (Å²) in [6.45, 7) is 6.55. The molecule has 0 amide bonds. The summed E-state index contributed by atoms with van der Waals surface area (Å²) in [5.41, 5.74) is 0.203. The Kier molecular flexibility index (Phi) is 3.64. The molecular weight excluding hydrogens is 216 g/mol. The van der Waals surface area contributed by atoms with Crippen LogP contribution in [0.5, 0.6) is 0 Å². The summed E-state index contributed by atoms with van der Waals surface area (Å²) in [5, 5.41) is 5.65. The van der Waals surface area contributed by atoms with Crippen molar-refractivity contribution >= 4 is 17.2 Å². The van der Waals surface area contributed by atoms with Gasteiger partial charge >= 0.3 is 0 Å². The third kappa shape index (κ3) is 2.85. The van der Waals surface area contributed by atoms with Crippen LogP contribution in [-0.4, -0.2) is 18.9 Å². The topological polar surface area (TPSA) is 24.4 Å². The highest BCUT2D eigenvalue weighted by atomic mass is 32.1. The summed E-state index contributed by atoms with van der Waals surface area (Å²) < 4.78 is 0. The highest BCUT2D eigenvalue weighted by molar-refractivity contribution is 7.10. The van der Waals surface area contributed by atoms with Crippen molar-refractivity contribution in [1.82, 2.24) is 5.32 Å². The lowest BCUT2D eigenvalue weighted by molar-refractivity contribution is 0.517. The van der Waals surface area contributed by atoms with Crippen molar-refractivity contribution < 1.29 is 0 Å². The quantitative estimate of drug-likeness (QED) is 0.856. The number of thiophene rings is 1. The summed E-state index contributed by atoms with van der Waals surface area (Å²) in [5.74, 6) is 1.20. The zero-order valence-corrected chi connectivity index (χ0v) is 10.9. The molecule has 2 rings (SSSR count). The van der Waals surface area contributed by atoms with E-state index in [4.69, 9.17) is 0 Å². The molecule has 1 aliphatic heterocycles. The zero-order valence-electron chi connectivity index (χ0n) is 10.1. The molecule has 0 bridgehead atoms. The largest absolute Gasteiger partial charge is 0.373 e. The number of hydrogen-bond donors (Lipinski definition) is 1. The Bertz CT molecular complexity index is 352. The SMILES string of the molecule is CC(C)(CNC1=NCCCC1)c1cccs1. The highest BCUT2D eigenvalue weighted by Gasteiger charge is 2.22. The van der Waals surface area contributed by atoms with Gasteiger partial charge in [0.25, 0.3) is 0 Å². The molecule has 0 saturated heterocycles. The van der Waals surface area contributed by atoms with E-state index in [1.165, 1.54) is 23.6 Å². The molecule has 1 N–H and O–H groups in total. The maximum atomic E-state index is 4.52. The molecule has 1 aliphatic rings. The Morgan fingerprint density at radius 1 is 1.44 bits per heavy atom. The molecule has 0 saturated carbocycles. The first-order chi connectivity index (χ1) is 7.68. The lowest BCUT2D eigenvalue weighted by Crippen LogP contribution is -2.37. The average Bonchev–Trinajstić information content (AvgIpc) is 2.82. The van der Waals surface area contributed by atoms with E-state index in [1.54, 1.807) is 0 Å². The molecule has 0 aromatic carbocycles. The normalized spacial score (nSPS) is 17.0. The molecule has 16 heavy (non-hydrogen) atoms. The Labute approximate surface area is 102 Å². The van der Waals surface area contributed by atoms with E-state index in [-0.39, 0.29) is 5.41 Å². The van der Waals surface area contributed by atoms with Gasteiger partial charge in [0.1, 0.15) is 0 Å². The van der Waals surface area contributed by atoms with Crippen molar-refractivity contribution in [2.24, 2.45) is 4.99 Å². The lowest BCUT2D eigenvalue weighted by Gasteiger charge is -2.25. The van der Waals surface area contributed by atoms with Crippen LogP contribution in [0.1, 0.15) is 38.0 Å². The summed E-state index contributed by atoms with van der Waals surface area (Å²) >= 11 is 1.84. The number of nitrogens with zero attached hydrogens (tertiary/aromatic N) is 1. The van der Waals surface area contributed by atoms with Gasteiger partial charge in [0, 0.05) is 29.8 Å². The second kappa shape index (κ2) is 5.00. The number of aliphatic imine (C=N–C) groups is 1. The summed E-state index contributed by atoms with van der Waals surface area (Å²) in [6, 6.07) is 4.34. The Balaban J connectivity index is 1.91. The smallest absolute Gasteiger partial charge is 0.0963 e. The molecule has 0 spiro atoms. The molecule has 0 fully saturated rings. The van der Waals surface area contributed by atoms with E-state index in [0.29, 0.717) is 0 Å². The van der Waals surface area contributed by atoms with Crippen molar-refractivity contribution in [3.63, 3.8) is 0 Å². The highest BCUT2D eigenvalue weighted by Crippen LogP contribution is 2.26. The predicted molar refractivity (Wildman–Crippen MR) is 71.5 cm³/mol. The van der Waals surface area contributed by atoms with Gasteiger partial charge in [-0.2, -0.15) is 0 Å². The summed E-state index contributed by atoms with van der Waals surface area (Å²) in [6.07, 6.45) is 3.66. The summed E-state index contributed by atoms with van der Waals surface area (Å²) in [4.78, 5) is 5.96. The van der Waals surface area contributed by atoms with Gasteiger partial charge in [-0.05, 0) is 24.3 Å². The molecular formula is C13H20N2S. The number of amidine groups is 1. The van der Waals surface area contributed by atoms with Gasteiger partial charge in [0.05, 0.1) is 5.84 Å². The minimum Gasteiger partial charge on any atom is -0.373 e. The number of hydrogen-bond acceptors (Lipinski definition) is 3. The fraction of sp³-hybridized carbons (Fsp3) is 0.615. The first kappa shape index (κ1) is 11.6. The van der Waals surface area contributed by atoms with Crippen molar-refractivity contribution in [1.29, 1.82) is 0 Å². The second-order valence-corrected chi connectivity index (χ2v) is 5.95. The standard InChI is InChI=1S/C13H20N2S/c1-13(2,11-6-5-9-16-11)10-15-12-7-3-4-8-14-12/h5-6,9H,3-4,7-8,10H2,1-2H3,(H,14,15). The van der Waals surface area contributed by atoms with Gasteiger partial charge in [-0.1, -0.05) is 19.9 Å². The van der Waals surface area contributed by atoms with Crippen LogP contribution >= 0.6 is 11.3 Å². The van der Waals surface area contributed by atoms with Crippen LogP contribution in [-0.2, 0) is 5.41 Å². The maximum Gasteiger partial charge on any atom is 0.0963 e. The van der Waals surface area contributed by atoms with Gasteiger partial charge in [0.2, 0.25) is 0 Å². The molecule has 2 heterocycles. The third-order valence-corrected chi connectivity index (χ3v) is 4.28. The zero-order chi connectivity index (χ0) is 11.4. The predicted octanol–water partition coefficient (Wildman–Crippen LogP) is 3.20. The minimum atomic E-state index is 0.203. The van der Waals surface area contributed by atoms with Crippen molar-refractivity contribution in [2.45, 2.75) is 38.5 Å². The van der Waals surface area contributed by atoms with Crippen molar-refractivity contribution in [2.75, 3.05) is 13.1 Å². The molecule has 0 radical (unpaired) electrons. The molecule has 0 unspecified atom stereocenters. The third-order valence-electron chi connectivity index (χ3n) is 3.05. The molecule has 0 aliphatic carbocycles. The van der Waals surface area contributed by atoms with Crippen LogP contribution in [0, 0.1) is 0 Å². The van der Waals surface area contributed by atoms with Crippen LogP contribution in [0.2, 0.25) is 0 Å². The summed E-state index contributed by atoms with van der Waals surface area (Å²) in [7, 11) is 0. The first-order valence-electron chi connectivity index (χ1n) is 6.00. The Morgan fingerprint density at radius 3 is 2.94 bits per heavy atom. The maximum absolute atomic E-state index is 4.52. The van der Waals surface area contributed by atoms with Crippen molar-refractivity contribution in [3.8, 4) is 0 Å². The second-order valence-electron chi connectivity index (χ2n) is 5.00. The van der Waals surface area contributed by atoms with Gasteiger partial charge in [-0.25, -0.2) is 0 Å². The molecule has 1 aromatic rings. The van der Waals surface area contributed by atoms with Gasteiger partial charge < -0.3 is 5.32 Å². The van der Waals surface area contributed by atoms with E-state index < -0.39 is 0 Å². The molecule has 88 valence electrons. The molecule has 0 atom stereocenters. The number of nitrogens with one attached hydrogen (secondary N) is 1. The van der Waals surface area contributed by atoms with Crippen molar-refractivity contribution in [3.05, 3.63) is 22.4 Å². The van der Waals surface area contributed by atoms with E-state index in [2.05, 4.69) is 41.7 Å². The van der Waals surface area contributed by atoms with E-state index in [1.807, 2.05) is 11.3 Å². The van der Waals surface area contributed by atoms with E-state index in [0.717, 1.165) is 19.5 Å². The Hall–Kier alpha value is -0.830. The van der Waals surface area contributed by atoms with E-state index in [9.17, 15) is 0 Å². The van der Waals surface area contributed by atoms with Crippen LogP contribution in [0.3, 0.4) is 0 Å². The lowest BCUT2D eigenvalue weighted by atomic mass is 9.91. The van der Waals surface area contributed by atoms with Gasteiger partial charge in [-0.3, -0.25) is 4.99 Å². The van der Waals surface area contributed by atoms with Crippen LogP contribution in [0.25, 0.3) is 0 Å². The number of rotatable bonds is 3. The first-order valence-corrected chi connectivity index (χ1v) is 6.88. The molecule has 1 aromatic heterocycles. The minimum absolute atomic E-state index is 0.203. The van der Waals surface area contributed by atoms with Gasteiger partial charge in [0.15, 0.2) is 0 Å². The fourth-order valence-electron chi connectivity index (χ4n) is 1.92. The molecule has 3 heteroatoms. The molecule has 2 nitrogen and oxygen atoms in total. The Morgan fingerprint density at radius 2 is 2.31 bits per heavy atom.